The van der Waals surface area contributed by atoms with Crippen LogP contribution < -0.4 is 0 Å². The summed E-state index contributed by atoms with van der Waals surface area (Å²) in [4.78, 5) is 0. The molecule has 0 saturated carbocycles. The zero-order valence-corrected chi connectivity index (χ0v) is 31.8. The molecule has 0 unspecified atom stereocenters. The molecule has 1 heterocycles. The first-order chi connectivity index (χ1) is 21.8. The van der Waals surface area contributed by atoms with Gasteiger partial charge in [-0.05, 0) is 115 Å². The summed E-state index contributed by atoms with van der Waals surface area (Å²) < 4.78 is 1.62. The molecule has 0 fully saturated rings. The van der Waals surface area contributed by atoms with Gasteiger partial charge in [-0.2, -0.15) is 0 Å². The van der Waals surface area contributed by atoms with Gasteiger partial charge in [0, 0.05) is 22.3 Å². The number of rotatable bonds is 18. The van der Waals surface area contributed by atoms with Crippen molar-refractivity contribution < 1.29 is 19.1 Å². The number of aryl methyl sites for hydroxylation is 4. The van der Waals surface area contributed by atoms with Gasteiger partial charge >= 0.3 is 26.2 Å². The summed E-state index contributed by atoms with van der Waals surface area (Å²) in [5.74, 6) is 4.12. The van der Waals surface area contributed by atoms with Gasteiger partial charge in [-0.3, -0.25) is 0 Å². The molecule has 0 aromatic heterocycles. The summed E-state index contributed by atoms with van der Waals surface area (Å²) in [7, 11) is 0. The van der Waals surface area contributed by atoms with E-state index in [1.807, 2.05) is 0 Å². The average molecular weight is 658 g/mol. The molecule has 0 N–H and O–H groups in total. The third-order valence-corrected chi connectivity index (χ3v) is 8.99. The van der Waals surface area contributed by atoms with Crippen molar-refractivity contribution in [3.63, 3.8) is 0 Å². The molecule has 0 radical (unpaired) electrons. The van der Waals surface area contributed by atoms with E-state index in [1.54, 1.807) is 30.3 Å². The van der Waals surface area contributed by atoms with Gasteiger partial charge in [0.05, 0.1) is 0 Å². The minimum absolute atomic E-state index is 0.926. The Balaban J connectivity index is 0.00000226. The normalized spacial score (nSPS) is 13.2. The van der Waals surface area contributed by atoms with Crippen LogP contribution in [0.2, 0.25) is 11.8 Å². The van der Waals surface area contributed by atoms with Crippen LogP contribution in [0.3, 0.4) is 0 Å². The van der Waals surface area contributed by atoms with Crippen LogP contribution in [0, 0.1) is 0 Å². The molecule has 0 bridgehead atoms. The summed E-state index contributed by atoms with van der Waals surface area (Å²) in [6.07, 6.45) is 17.8. The Morgan fingerprint density at radius 1 is 0.489 bits per heavy atom. The SMILES string of the molecule is CCCCC1=C(c2cc(CCC)c(CCC)c(CCC)c2)[N+](=[N-])C(c2cc(CCC)c(CCC)c(CCC)c2)=C1CC.[CH3][Ni][CH3]. The van der Waals surface area contributed by atoms with Crippen LogP contribution in [-0.2, 0) is 53.0 Å². The van der Waals surface area contributed by atoms with Gasteiger partial charge in [-0.25, -0.2) is 4.70 Å². The molecule has 0 atom stereocenters. The van der Waals surface area contributed by atoms with Crippen molar-refractivity contribution >= 4 is 11.4 Å². The van der Waals surface area contributed by atoms with Crippen molar-refractivity contribution in [2.24, 2.45) is 0 Å². The van der Waals surface area contributed by atoms with E-state index >= 15 is 0 Å². The van der Waals surface area contributed by atoms with Crippen molar-refractivity contribution in [1.29, 1.82) is 0 Å². The third kappa shape index (κ3) is 10.0. The molecule has 3 rings (SSSR count). The second kappa shape index (κ2) is 21.0. The van der Waals surface area contributed by atoms with Crippen molar-refractivity contribution in [2.45, 2.75) is 170 Å². The fourth-order valence-electron chi connectivity index (χ4n) is 7.23. The monoisotopic (exact) mass is 656 g/mol. The minimum atomic E-state index is 0.926. The maximum atomic E-state index is 12.3. The molecule has 2 aromatic rings. The molecular weight excluding hydrogens is 591 g/mol. The van der Waals surface area contributed by atoms with E-state index in [4.69, 9.17) is 0 Å². The van der Waals surface area contributed by atoms with Gasteiger partial charge in [0.2, 0.25) is 11.4 Å². The predicted octanol–water partition coefficient (Wildman–Crippen LogP) is 13.3. The fraction of sp³-hybridized carbons (Fsp3) is 0.619. The second-order valence-electron chi connectivity index (χ2n) is 12.8. The van der Waals surface area contributed by atoms with Crippen LogP contribution in [0.5, 0.6) is 0 Å². The predicted molar refractivity (Wildman–Crippen MR) is 196 cm³/mol. The van der Waals surface area contributed by atoms with Crippen LogP contribution in [0.1, 0.15) is 164 Å². The molecule has 3 heteroatoms. The summed E-state index contributed by atoms with van der Waals surface area (Å²) in [5, 5.41) is 0. The van der Waals surface area contributed by atoms with E-state index in [9.17, 15) is 5.53 Å². The van der Waals surface area contributed by atoms with Crippen LogP contribution in [0.4, 0.5) is 0 Å². The number of allylic oxidation sites excluding steroid dienone is 2. The van der Waals surface area contributed by atoms with Crippen molar-refractivity contribution in [2.75, 3.05) is 0 Å². The van der Waals surface area contributed by atoms with Crippen LogP contribution in [0.15, 0.2) is 35.4 Å². The number of nitrogens with zero attached hydrogens (tertiary/aromatic N) is 2. The molecule has 2 aromatic carbocycles. The van der Waals surface area contributed by atoms with E-state index in [0.717, 1.165) is 101 Å². The van der Waals surface area contributed by atoms with Gasteiger partial charge in [-0.1, -0.05) is 100 Å². The standard InChI is InChI=1S/C40H60N2.2CH3.Ni/c1-9-17-24-38-35(16-8)39(33-25-29(18-10-2)36(22-14-6)30(26-33)19-11-3)42(41)40(38)34-27-31(20-12-4)37(23-15-7)32(28-34)21-13-5;;;/h25-28H,9-24H2,1-8H3;2*1H3;. The first-order valence-corrected chi connectivity index (χ1v) is 20.3. The first-order valence-electron chi connectivity index (χ1n) is 18.3. The summed E-state index contributed by atoms with van der Waals surface area (Å²) in [6.45, 7) is 18.3. The second-order valence-corrected chi connectivity index (χ2v) is 13.8. The van der Waals surface area contributed by atoms with Gasteiger partial charge in [0.25, 0.3) is 0 Å². The number of hydrogen-bond acceptors (Lipinski definition) is 0. The molecule has 254 valence electrons. The number of unbranched alkanes of at least 4 members (excludes halogenated alkanes) is 1. The van der Waals surface area contributed by atoms with Crippen LogP contribution in [-0.4, -0.2) is 4.70 Å². The molecule has 45 heavy (non-hydrogen) atoms. The molecular formula is C42H66N2Ni. The van der Waals surface area contributed by atoms with Gasteiger partial charge in [0.1, 0.15) is 0 Å². The molecule has 1 aliphatic rings. The zero-order valence-electron chi connectivity index (χ0n) is 30.8. The Labute approximate surface area is 284 Å². The quantitative estimate of drug-likeness (QED) is 0.113. The van der Waals surface area contributed by atoms with E-state index in [2.05, 4.69) is 91.4 Å². The summed E-state index contributed by atoms with van der Waals surface area (Å²) >= 11 is 1.62. The van der Waals surface area contributed by atoms with Gasteiger partial charge in [-0.15, -0.1) is 0 Å². The van der Waals surface area contributed by atoms with Gasteiger partial charge in [0.15, 0.2) is 0 Å². The Morgan fingerprint density at radius 3 is 1.11 bits per heavy atom. The van der Waals surface area contributed by atoms with Gasteiger partial charge < -0.3 is 5.53 Å². The fourth-order valence-corrected chi connectivity index (χ4v) is 7.23. The van der Waals surface area contributed by atoms with Crippen LogP contribution in [0.25, 0.3) is 16.9 Å². The van der Waals surface area contributed by atoms with Crippen molar-refractivity contribution in [3.8, 4) is 0 Å². The van der Waals surface area contributed by atoms with E-state index in [1.165, 1.54) is 57.4 Å². The van der Waals surface area contributed by atoms with Crippen LogP contribution >= 0.6 is 0 Å². The van der Waals surface area contributed by atoms with Crippen molar-refractivity contribution in [3.05, 3.63) is 85.5 Å². The third-order valence-electron chi connectivity index (χ3n) is 8.99. The average Bonchev–Trinajstić information content (AvgIpc) is 3.30. The Hall–Kier alpha value is -1.99. The number of hydrogen-bond donors (Lipinski definition) is 0. The molecule has 0 aliphatic carbocycles. The maximum absolute atomic E-state index is 12.3. The Morgan fingerprint density at radius 2 is 0.822 bits per heavy atom. The molecule has 0 saturated heterocycles. The topological polar surface area (TPSA) is 25.3 Å². The summed E-state index contributed by atoms with van der Waals surface area (Å²) in [5.41, 5.74) is 28.5. The Bertz CT molecular complexity index is 1240. The van der Waals surface area contributed by atoms with E-state index in [-0.39, 0.29) is 0 Å². The van der Waals surface area contributed by atoms with E-state index in [0.29, 0.717) is 0 Å². The molecule has 2 nitrogen and oxygen atoms in total. The van der Waals surface area contributed by atoms with E-state index < -0.39 is 0 Å². The molecule has 1 aliphatic heterocycles. The number of benzene rings is 2. The zero-order chi connectivity index (χ0) is 33.4. The van der Waals surface area contributed by atoms with Crippen molar-refractivity contribution in [1.82, 2.24) is 0 Å². The Kier molecular flexibility index (Phi) is 18.3. The first kappa shape index (κ1) is 39.2. The summed E-state index contributed by atoms with van der Waals surface area (Å²) in [6, 6.07) is 9.72. The molecule has 0 spiro atoms. The molecule has 0 amide bonds.